The molecule has 2 aromatic rings. The van der Waals surface area contributed by atoms with Gasteiger partial charge in [0.15, 0.2) is 0 Å². The van der Waals surface area contributed by atoms with Crippen LogP contribution in [-0.4, -0.2) is 42.0 Å². The predicted molar refractivity (Wildman–Crippen MR) is 110 cm³/mol. The Labute approximate surface area is 166 Å². The Hall–Kier alpha value is -2.82. The fourth-order valence-corrected chi connectivity index (χ4v) is 4.55. The molecule has 146 valence electrons. The van der Waals surface area contributed by atoms with Gasteiger partial charge in [-0.3, -0.25) is 9.59 Å². The molecule has 2 aliphatic heterocycles. The second kappa shape index (κ2) is 7.30. The van der Waals surface area contributed by atoms with Crippen LogP contribution >= 0.6 is 0 Å². The topological polar surface area (TPSA) is 52.7 Å². The molecule has 1 N–H and O–H groups in total. The molecule has 4 rings (SSSR count). The summed E-state index contributed by atoms with van der Waals surface area (Å²) in [5, 5.41) is 3.26. The number of nitrogens with zero attached hydrogens (tertiary/aromatic N) is 2. The fourth-order valence-electron chi connectivity index (χ4n) is 4.55. The van der Waals surface area contributed by atoms with Crippen LogP contribution in [0.5, 0.6) is 0 Å². The fraction of sp³-hybridized carbons (Fsp3) is 0.391. The first-order valence-electron chi connectivity index (χ1n) is 10.1. The van der Waals surface area contributed by atoms with Crippen LogP contribution in [0.2, 0.25) is 0 Å². The molecule has 1 saturated heterocycles. The highest BCUT2D eigenvalue weighted by Crippen LogP contribution is 2.37. The molecule has 0 bridgehead atoms. The van der Waals surface area contributed by atoms with Crippen LogP contribution in [0.3, 0.4) is 0 Å². The molecule has 5 heteroatoms. The van der Waals surface area contributed by atoms with Gasteiger partial charge in [0.1, 0.15) is 5.66 Å². The minimum absolute atomic E-state index is 0.0139. The average molecular weight is 377 g/mol. The molecule has 0 saturated carbocycles. The third-order valence-electron chi connectivity index (χ3n) is 6.16. The van der Waals surface area contributed by atoms with Gasteiger partial charge in [0.25, 0.3) is 5.91 Å². The number of fused-ring (bicyclic) bond motifs is 1. The lowest BCUT2D eigenvalue weighted by molar-refractivity contribution is -0.132. The predicted octanol–water partition coefficient (Wildman–Crippen LogP) is 3.13. The summed E-state index contributed by atoms with van der Waals surface area (Å²) in [7, 11) is 0. The van der Waals surface area contributed by atoms with E-state index in [0.717, 1.165) is 41.8 Å². The summed E-state index contributed by atoms with van der Waals surface area (Å²) in [6, 6.07) is 15.8. The quantitative estimate of drug-likeness (QED) is 0.894. The van der Waals surface area contributed by atoms with Crippen molar-refractivity contribution in [3.8, 4) is 0 Å². The third-order valence-corrected chi connectivity index (χ3v) is 6.16. The van der Waals surface area contributed by atoms with Crippen molar-refractivity contribution < 1.29 is 9.59 Å². The SMILES string of the molecule is CCN1c2ccccc2C(=O)NC12CCN(C(=O)Cc1ccccc1C)CC2. The van der Waals surface area contributed by atoms with E-state index in [-0.39, 0.29) is 11.8 Å². The van der Waals surface area contributed by atoms with Crippen molar-refractivity contribution in [3.63, 3.8) is 0 Å². The molecule has 5 nitrogen and oxygen atoms in total. The minimum Gasteiger partial charge on any atom is -0.348 e. The van der Waals surface area contributed by atoms with E-state index in [2.05, 4.69) is 17.1 Å². The number of para-hydroxylation sites is 1. The van der Waals surface area contributed by atoms with Gasteiger partial charge in [0.05, 0.1) is 17.7 Å². The first-order chi connectivity index (χ1) is 13.5. The maximum atomic E-state index is 12.8. The third kappa shape index (κ3) is 3.15. The number of hydrogen-bond donors (Lipinski definition) is 1. The van der Waals surface area contributed by atoms with Crippen LogP contribution in [0, 0.1) is 6.92 Å². The van der Waals surface area contributed by atoms with E-state index in [0.29, 0.717) is 19.5 Å². The van der Waals surface area contributed by atoms with Crippen molar-refractivity contribution in [1.29, 1.82) is 0 Å². The van der Waals surface area contributed by atoms with Crippen molar-refractivity contribution in [2.75, 3.05) is 24.5 Å². The van der Waals surface area contributed by atoms with E-state index in [4.69, 9.17) is 0 Å². The van der Waals surface area contributed by atoms with Crippen LogP contribution in [0.15, 0.2) is 48.5 Å². The molecule has 2 aromatic carbocycles. The lowest BCUT2D eigenvalue weighted by atomic mass is 9.89. The number of nitrogens with one attached hydrogen (secondary N) is 1. The molecule has 0 unspecified atom stereocenters. The largest absolute Gasteiger partial charge is 0.348 e. The molecule has 28 heavy (non-hydrogen) atoms. The molecule has 2 amide bonds. The number of carbonyl (C=O) groups excluding carboxylic acids is 2. The number of anilines is 1. The van der Waals surface area contributed by atoms with E-state index in [9.17, 15) is 9.59 Å². The maximum Gasteiger partial charge on any atom is 0.255 e. The van der Waals surface area contributed by atoms with Crippen LogP contribution < -0.4 is 10.2 Å². The van der Waals surface area contributed by atoms with Gasteiger partial charge in [0, 0.05) is 32.5 Å². The average Bonchev–Trinajstić information content (AvgIpc) is 2.70. The molecule has 1 spiro atoms. The summed E-state index contributed by atoms with van der Waals surface area (Å²) < 4.78 is 0. The van der Waals surface area contributed by atoms with Gasteiger partial charge in [-0.15, -0.1) is 0 Å². The van der Waals surface area contributed by atoms with Gasteiger partial charge in [-0.1, -0.05) is 36.4 Å². The first-order valence-corrected chi connectivity index (χ1v) is 10.1. The van der Waals surface area contributed by atoms with Crippen molar-refractivity contribution in [3.05, 3.63) is 65.2 Å². The molecule has 0 aliphatic carbocycles. The Bertz CT molecular complexity index is 900. The van der Waals surface area contributed by atoms with Crippen molar-refractivity contribution in [1.82, 2.24) is 10.2 Å². The van der Waals surface area contributed by atoms with Crippen molar-refractivity contribution in [2.45, 2.75) is 38.8 Å². The second-order valence-electron chi connectivity index (χ2n) is 7.73. The number of hydrogen-bond acceptors (Lipinski definition) is 3. The smallest absolute Gasteiger partial charge is 0.255 e. The zero-order chi connectivity index (χ0) is 19.7. The van der Waals surface area contributed by atoms with Crippen LogP contribution in [0.25, 0.3) is 0 Å². The number of benzene rings is 2. The minimum atomic E-state index is -0.403. The highest BCUT2D eigenvalue weighted by Gasteiger charge is 2.45. The summed E-state index contributed by atoms with van der Waals surface area (Å²) in [6.07, 6.45) is 1.91. The Morgan fingerprint density at radius 3 is 2.46 bits per heavy atom. The Kier molecular flexibility index (Phi) is 4.84. The van der Waals surface area contributed by atoms with Crippen LogP contribution in [0.1, 0.15) is 41.3 Å². The van der Waals surface area contributed by atoms with E-state index in [1.54, 1.807) is 0 Å². The molecule has 0 atom stereocenters. The van der Waals surface area contributed by atoms with Crippen molar-refractivity contribution in [2.24, 2.45) is 0 Å². The number of rotatable bonds is 3. The van der Waals surface area contributed by atoms with Gasteiger partial charge >= 0.3 is 0 Å². The number of aryl methyl sites for hydroxylation is 1. The number of amides is 2. The summed E-state index contributed by atoms with van der Waals surface area (Å²) in [4.78, 5) is 29.8. The molecule has 2 aliphatic rings. The maximum absolute atomic E-state index is 12.8. The molecule has 1 fully saturated rings. The van der Waals surface area contributed by atoms with Crippen LogP contribution in [-0.2, 0) is 11.2 Å². The zero-order valence-electron chi connectivity index (χ0n) is 16.6. The van der Waals surface area contributed by atoms with Gasteiger partial charge in [-0.2, -0.15) is 0 Å². The Morgan fingerprint density at radius 2 is 1.75 bits per heavy atom. The molecular weight excluding hydrogens is 350 g/mol. The number of likely N-dealkylation sites (tertiary alicyclic amines) is 1. The molecular formula is C23H27N3O2. The molecule has 0 radical (unpaired) electrons. The highest BCUT2D eigenvalue weighted by molar-refractivity contribution is 6.02. The molecule has 0 aromatic heterocycles. The summed E-state index contributed by atoms with van der Waals surface area (Å²) >= 11 is 0. The van der Waals surface area contributed by atoms with Crippen molar-refractivity contribution >= 4 is 17.5 Å². The van der Waals surface area contributed by atoms with Gasteiger partial charge in [-0.05, 0) is 37.1 Å². The normalized spacial score (nSPS) is 18.0. The standard InChI is InChI=1S/C23H27N3O2/c1-3-26-20-11-7-6-10-19(20)22(28)24-23(26)12-14-25(15-13-23)21(27)16-18-9-5-4-8-17(18)2/h4-11H,3,12-16H2,1-2H3,(H,24,28). The molecule has 2 heterocycles. The van der Waals surface area contributed by atoms with Gasteiger partial charge in [0.2, 0.25) is 5.91 Å². The first kappa shape index (κ1) is 18.5. The number of carbonyl (C=O) groups is 2. The Balaban J connectivity index is 1.49. The Morgan fingerprint density at radius 1 is 1.07 bits per heavy atom. The number of piperidine rings is 1. The van der Waals surface area contributed by atoms with E-state index >= 15 is 0 Å². The zero-order valence-corrected chi connectivity index (χ0v) is 16.6. The van der Waals surface area contributed by atoms with E-state index < -0.39 is 5.66 Å². The second-order valence-corrected chi connectivity index (χ2v) is 7.73. The van der Waals surface area contributed by atoms with Gasteiger partial charge in [-0.25, -0.2) is 0 Å². The van der Waals surface area contributed by atoms with E-state index in [1.165, 1.54) is 0 Å². The van der Waals surface area contributed by atoms with Gasteiger partial charge < -0.3 is 15.1 Å². The van der Waals surface area contributed by atoms with E-state index in [1.807, 2.05) is 60.4 Å². The summed E-state index contributed by atoms with van der Waals surface area (Å²) in [5.41, 5.74) is 3.56. The lowest BCUT2D eigenvalue weighted by Crippen LogP contribution is -2.68. The van der Waals surface area contributed by atoms with Crippen LogP contribution in [0.4, 0.5) is 5.69 Å². The monoisotopic (exact) mass is 377 g/mol. The lowest BCUT2D eigenvalue weighted by Gasteiger charge is -2.52. The summed E-state index contributed by atoms with van der Waals surface area (Å²) in [5.74, 6) is 0.148. The highest BCUT2D eigenvalue weighted by atomic mass is 16.2. The summed E-state index contributed by atoms with van der Waals surface area (Å²) in [6.45, 7) is 6.29.